The van der Waals surface area contributed by atoms with Gasteiger partial charge in [-0.05, 0) is 31.5 Å². The monoisotopic (exact) mass is 333 g/mol. The molecule has 0 spiro atoms. The molecular formula is C20H15NO2S. The third kappa shape index (κ3) is 2.27. The Labute approximate surface area is 143 Å². The van der Waals surface area contributed by atoms with E-state index >= 15 is 0 Å². The van der Waals surface area contributed by atoms with E-state index in [1.54, 1.807) is 6.20 Å². The molecule has 4 rings (SSSR count). The smallest absolute Gasteiger partial charge is 0.346 e. The fraction of sp³-hybridized carbons (Fsp3) is 0.100. The molecular weight excluding hydrogens is 318 g/mol. The van der Waals surface area contributed by atoms with Crippen molar-refractivity contribution in [1.29, 1.82) is 0 Å². The number of hydrogen-bond acceptors (Lipinski definition) is 3. The van der Waals surface area contributed by atoms with Gasteiger partial charge >= 0.3 is 5.97 Å². The first-order chi connectivity index (χ1) is 11.5. The molecule has 0 aliphatic carbocycles. The number of fused-ring (bicyclic) bond motifs is 3. The van der Waals surface area contributed by atoms with Gasteiger partial charge in [-0.2, -0.15) is 0 Å². The van der Waals surface area contributed by atoms with Crippen molar-refractivity contribution in [3.63, 3.8) is 0 Å². The lowest BCUT2D eigenvalue weighted by Gasteiger charge is -2.04. The molecule has 3 nitrogen and oxygen atoms in total. The second kappa shape index (κ2) is 5.42. The molecule has 2 aromatic heterocycles. The summed E-state index contributed by atoms with van der Waals surface area (Å²) in [6, 6.07) is 14.0. The number of pyridine rings is 1. The number of thiophene rings is 1. The van der Waals surface area contributed by atoms with Gasteiger partial charge in [0.1, 0.15) is 4.88 Å². The van der Waals surface area contributed by atoms with Crippen LogP contribution in [0.4, 0.5) is 0 Å². The van der Waals surface area contributed by atoms with Crippen LogP contribution in [0.2, 0.25) is 0 Å². The SMILES string of the molecule is Cc1ccc(-c2c(C(=O)O)sc3c2cnc2ccc(C)cc23)cc1. The van der Waals surface area contributed by atoms with Gasteiger partial charge in [0.25, 0.3) is 0 Å². The van der Waals surface area contributed by atoms with Crippen LogP contribution in [0.15, 0.2) is 48.7 Å². The van der Waals surface area contributed by atoms with Crippen molar-refractivity contribution in [3.8, 4) is 11.1 Å². The summed E-state index contributed by atoms with van der Waals surface area (Å²) in [5.41, 5.74) is 4.85. The van der Waals surface area contributed by atoms with Gasteiger partial charge in [0.05, 0.1) is 5.52 Å². The van der Waals surface area contributed by atoms with Crippen LogP contribution in [0.3, 0.4) is 0 Å². The van der Waals surface area contributed by atoms with Crippen molar-refractivity contribution >= 4 is 38.3 Å². The average Bonchev–Trinajstić information content (AvgIpc) is 2.96. The summed E-state index contributed by atoms with van der Waals surface area (Å²) < 4.78 is 0.983. The Kier molecular flexibility index (Phi) is 3.36. The standard InChI is InChI=1S/C20H15NO2S/c1-11-3-6-13(7-4-11)17-15-10-21-16-8-5-12(2)9-14(16)18(15)24-19(17)20(22)23/h3-10H,1-2H3,(H,22,23). The molecule has 0 radical (unpaired) electrons. The van der Waals surface area contributed by atoms with Crippen molar-refractivity contribution in [2.24, 2.45) is 0 Å². The second-order valence-corrected chi connectivity index (χ2v) is 7.02. The van der Waals surface area contributed by atoms with Crippen molar-refractivity contribution < 1.29 is 9.90 Å². The van der Waals surface area contributed by atoms with Gasteiger partial charge in [-0.15, -0.1) is 11.3 Å². The molecule has 0 fully saturated rings. The highest BCUT2D eigenvalue weighted by molar-refractivity contribution is 7.22. The molecule has 0 atom stereocenters. The Hall–Kier alpha value is -2.72. The number of benzene rings is 2. The molecule has 4 aromatic rings. The maximum absolute atomic E-state index is 11.8. The summed E-state index contributed by atoms with van der Waals surface area (Å²) in [4.78, 5) is 16.7. The highest BCUT2D eigenvalue weighted by Crippen LogP contribution is 2.41. The number of carboxylic acids is 1. The van der Waals surface area contributed by atoms with E-state index in [1.165, 1.54) is 11.3 Å². The first-order valence-electron chi connectivity index (χ1n) is 7.67. The van der Waals surface area contributed by atoms with Crippen LogP contribution in [0.25, 0.3) is 32.1 Å². The van der Waals surface area contributed by atoms with E-state index in [0.29, 0.717) is 4.88 Å². The first kappa shape index (κ1) is 14.8. The predicted octanol–water partition coefficient (Wildman–Crippen LogP) is 5.43. The number of aryl methyl sites for hydroxylation is 2. The lowest BCUT2D eigenvalue weighted by Crippen LogP contribution is -1.94. The van der Waals surface area contributed by atoms with Crippen LogP contribution in [0, 0.1) is 13.8 Å². The molecule has 0 saturated heterocycles. The minimum atomic E-state index is -0.896. The molecule has 24 heavy (non-hydrogen) atoms. The lowest BCUT2D eigenvalue weighted by atomic mass is 10.0. The van der Waals surface area contributed by atoms with Crippen molar-refractivity contribution in [3.05, 3.63) is 64.7 Å². The molecule has 0 aliphatic heterocycles. The minimum absolute atomic E-state index is 0.365. The summed E-state index contributed by atoms with van der Waals surface area (Å²) in [7, 11) is 0. The van der Waals surface area contributed by atoms with Crippen molar-refractivity contribution in [1.82, 2.24) is 4.98 Å². The molecule has 0 aliphatic rings. The largest absolute Gasteiger partial charge is 0.477 e. The van der Waals surface area contributed by atoms with E-state index in [2.05, 4.69) is 11.1 Å². The highest BCUT2D eigenvalue weighted by atomic mass is 32.1. The molecule has 2 heterocycles. The van der Waals surface area contributed by atoms with Gasteiger partial charge in [-0.1, -0.05) is 41.5 Å². The Bertz CT molecular complexity index is 1090. The number of rotatable bonds is 2. The van der Waals surface area contributed by atoms with Gasteiger partial charge in [0, 0.05) is 27.2 Å². The molecule has 118 valence electrons. The summed E-state index contributed by atoms with van der Waals surface area (Å²) >= 11 is 1.33. The van der Waals surface area contributed by atoms with E-state index in [-0.39, 0.29) is 0 Å². The van der Waals surface area contributed by atoms with Crippen LogP contribution in [0.1, 0.15) is 20.8 Å². The number of carboxylic acid groups (broad SMARTS) is 1. The topological polar surface area (TPSA) is 50.2 Å². The number of hydrogen-bond donors (Lipinski definition) is 1. The molecule has 0 bridgehead atoms. The molecule has 0 amide bonds. The minimum Gasteiger partial charge on any atom is -0.477 e. The number of aromatic nitrogens is 1. The van der Waals surface area contributed by atoms with E-state index in [4.69, 9.17) is 0 Å². The van der Waals surface area contributed by atoms with Crippen LogP contribution >= 0.6 is 11.3 Å². The first-order valence-corrected chi connectivity index (χ1v) is 8.48. The lowest BCUT2D eigenvalue weighted by molar-refractivity contribution is 0.0703. The third-order valence-electron chi connectivity index (χ3n) is 4.21. The zero-order valence-electron chi connectivity index (χ0n) is 13.3. The zero-order chi connectivity index (χ0) is 16.8. The van der Waals surface area contributed by atoms with Crippen LogP contribution < -0.4 is 0 Å². The van der Waals surface area contributed by atoms with E-state index < -0.39 is 5.97 Å². The Morgan fingerprint density at radius 2 is 1.71 bits per heavy atom. The van der Waals surface area contributed by atoms with E-state index in [9.17, 15) is 9.90 Å². The fourth-order valence-corrected chi connectivity index (χ4v) is 4.16. The zero-order valence-corrected chi connectivity index (χ0v) is 14.1. The maximum Gasteiger partial charge on any atom is 0.346 e. The third-order valence-corrected chi connectivity index (χ3v) is 5.44. The van der Waals surface area contributed by atoms with Gasteiger partial charge in [-0.3, -0.25) is 4.98 Å². The molecule has 1 N–H and O–H groups in total. The number of aromatic carboxylic acids is 1. The normalized spacial score (nSPS) is 11.2. The fourth-order valence-electron chi connectivity index (χ4n) is 3.00. The molecule has 0 saturated carbocycles. The summed E-state index contributed by atoms with van der Waals surface area (Å²) in [6.45, 7) is 4.05. The van der Waals surface area contributed by atoms with Crippen LogP contribution in [0.5, 0.6) is 0 Å². The maximum atomic E-state index is 11.8. The van der Waals surface area contributed by atoms with Crippen molar-refractivity contribution in [2.75, 3.05) is 0 Å². The summed E-state index contributed by atoms with van der Waals surface area (Å²) in [5, 5.41) is 11.6. The van der Waals surface area contributed by atoms with Gasteiger partial charge in [0.2, 0.25) is 0 Å². The number of carbonyl (C=O) groups is 1. The van der Waals surface area contributed by atoms with Gasteiger partial charge < -0.3 is 5.11 Å². The predicted molar refractivity (Wildman–Crippen MR) is 99.0 cm³/mol. The Morgan fingerprint density at radius 1 is 1.00 bits per heavy atom. The van der Waals surface area contributed by atoms with Gasteiger partial charge in [-0.25, -0.2) is 4.79 Å². The quantitative estimate of drug-likeness (QED) is 0.532. The summed E-state index contributed by atoms with van der Waals surface area (Å²) in [5.74, 6) is -0.896. The van der Waals surface area contributed by atoms with Crippen LogP contribution in [-0.2, 0) is 0 Å². The number of nitrogens with zero attached hydrogens (tertiary/aromatic N) is 1. The van der Waals surface area contributed by atoms with Crippen molar-refractivity contribution in [2.45, 2.75) is 13.8 Å². The molecule has 2 aromatic carbocycles. The Balaban J connectivity index is 2.13. The molecule has 4 heteroatoms. The van der Waals surface area contributed by atoms with E-state index in [1.807, 2.05) is 50.2 Å². The van der Waals surface area contributed by atoms with Crippen LogP contribution in [-0.4, -0.2) is 16.1 Å². The molecule has 0 unspecified atom stereocenters. The summed E-state index contributed by atoms with van der Waals surface area (Å²) in [6.07, 6.45) is 1.80. The highest BCUT2D eigenvalue weighted by Gasteiger charge is 2.21. The van der Waals surface area contributed by atoms with E-state index in [0.717, 1.165) is 43.2 Å². The second-order valence-electron chi connectivity index (χ2n) is 6.00. The average molecular weight is 333 g/mol. The van der Waals surface area contributed by atoms with Gasteiger partial charge in [0.15, 0.2) is 0 Å². The Morgan fingerprint density at radius 3 is 2.42 bits per heavy atom.